The van der Waals surface area contributed by atoms with E-state index in [0.29, 0.717) is 5.95 Å². The maximum Gasteiger partial charge on any atom is 0.250 e. The number of aromatic amines is 1. The third-order valence-corrected chi connectivity index (χ3v) is 2.78. The number of amides is 1. The maximum absolute atomic E-state index is 11.4. The summed E-state index contributed by atoms with van der Waals surface area (Å²) < 4.78 is 0. The van der Waals surface area contributed by atoms with Crippen molar-refractivity contribution in [3.8, 4) is 0 Å². The van der Waals surface area contributed by atoms with Crippen molar-refractivity contribution in [2.75, 3.05) is 5.32 Å². The van der Waals surface area contributed by atoms with E-state index in [1.807, 2.05) is 19.1 Å². The Kier molecular flexibility index (Phi) is 3.11. The second-order valence-corrected chi connectivity index (χ2v) is 4.42. The topological polar surface area (TPSA) is 70.7 Å². The highest BCUT2D eigenvalue weighted by molar-refractivity contribution is 7.12. The molecule has 0 atom stereocenters. The summed E-state index contributed by atoms with van der Waals surface area (Å²) in [5.74, 6) is 0.111. The van der Waals surface area contributed by atoms with Crippen molar-refractivity contribution in [3.63, 3.8) is 0 Å². The number of hydrogen-bond acceptors (Lipinski definition) is 4. The highest BCUT2D eigenvalue weighted by Gasteiger charge is 1.99. The van der Waals surface area contributed by atoms with Gasteiger partial charge in [0, 0.05) is 15.8 Å². The normalized spacial score (nSPS) is 10.8. The number of carbonyl (C=O) groups is 1. The molecule has 0 aliphatic carbocycles. The van der Waals surface area contributed by atoms with Crippen LogP contribution >= 0.6 is 11.3 Å². The van der Waals surface area contributed by atoms with Gasteiger partial charge in [-0.15, -0.1) is 11.3 Å². The molecular formula is C10H10N4OS. The Balaban J connectivity index is 1.94. The third kappa shape index (κ3) is 2.77. The minimum atomic E-state index is -0.234. The van der Waals surface area contributed by atoms with Crippen LogP contribution in [-0.4, -0.2) is 21.1 Å². The van der Waals surface area contributed by atoms with Gasteiger partial charge in [0.1, 0.15) is 6.33 Å². The van der Waals surface area contributed by atoms with E-state index in [1.165, 1.54) is 17.3 Å². The average molecular weight is 234 g/mol. The average Bonchev–Trinajstić information content (AvgIpc) is 2.87. The Bertz CT molecular complexity index is 501. The molecule has 16 heavy (non-hydrogen) atoms. The molecule has 0 spiro atoms. The monoisotopic (exact) mass is 234 g/mol. The summed E-state index contributed by atoms with van der Waals surface area (Å²) in [5, 5.41) is 8.72. The Morgan fingerprint density at radius 2 is 2.44 bits per heavy atom. The van der Waals surface area contributed by atoms with Crippen LogP contribution in [0.15, 0.2) is 24.5 Å². The van der Waals surface area contributed by atoms with Crippen LogP contribution < -0.4 is 5.32 Å². The lowest BCUT2D eigenvalue weighted by Gasteiger charge is -1.93. The lowest BCUT2D eigenvalue weighted by atomic mass is 10.4. The predicted octanol–water partition coefficient (Wildman–Crippen LogP) is 1.83. The number of carbonyl (C=O) groups excluding carboxylic acids is 1. The molecular weight excluding hydrogens is 224 g/mol. The third-order valence-electron chi connectivity index (χ3n) is 1.82. The van der Waals surface area contributed by atoms with Gasteiger partial charge in [-0.3, -0.25) is 10.1 Å². The van der Waals surface area contributed by atoms with E-state index in [4.69, 9.17) is 0 Å². The first-order valence-electron chi connectivity index (χ1n) is 4.65. The highest BCUT2D eigenvalue weighted by Crippen LogP contribution is 2.16. The first-order chi connectivity index (χ1) is 7.74. The van der Waals surface area contributed by atoms with Gasteiger partial charge in [-0.2, -0.15) is 10.1 Å². The molecule has 2 heterocycles. The fourth-order valence-electron chi connectivity index (χ4n) is 1.12. The molecule has 2 aromatic rings. The zero-order chi connectivity index (χ0) is 11.4. The molecule has 0 unspecified atom stereocenters. The van der Waals surface area contributed by atoms with E-state index >= 15 is 0 Å². The first kappa shape index (κ1) is 10.6. The van der Waals surface area contributed by atoms with Crippen LogP contribution in [0.5, 0.6) is 0 Å². The molecule has 5 nitrogen and oxygen atoms in total. The molecule has 0 fully saturated rings. The van der Waals surface area contributed by atoms with E-state index in [9.17, 15) is 4.79 Å². The van der Waals surface area contributed by atoms with E-state index in [-0.39, 0.29) is 5.91 Å². The van der Waals surface area contributed by atoms with Crippen molar-refractivity contribution in [3.05, 3.63) is 34.3 Å². The number of nitrogens with one attached hydrogen (secondary N) is 2. The van der Waals surface area contributed by atoms with Crippen LogP contribution in [-0.2, 0) is 4.79 Å². The zero-order valence-electron chi connectivity index (χ0n) is 8.60. The molecule has 0 aliphatic rings. The van der Waals surface area contributed by atoms with Crippen LogP contribution in [0, 0.1) is 6.92 Å². The van der Waals surface area contributed by atoms with Gasteiger partial charge in [0.25, 0.3) is 5.91 Å². The van der Waals surface area contributed by atoms with E-state index < -0.39 is 0 Å². The molecule has 1 amide bonds. The van der Waals surface area contributed by atoms with Crippen LogP contribution in [0.25, 0.3) is 6.08 Å². The van der Waals surface area contributed by atoms with Crippen molar-refractivity contribution in [1.82, 2.24) is 15.2 Å². The van der Waals surface area contributed by atoms with Gasteiger partial charge in [0.05, 0.1) is 0 Å². The largest absolute Gasteiger partial charge is 0.291 e. The lowest BCUT2D eigenvalue weighted by Crippen LogP contribution is -2.08. The van der Waals surface area contributed by atoms with Crippen LogP contribution in [0.1, 0.15) is 9.75 Å². The van der Waals surface area contributed by atoms with E-state index in [2.05, 4.69) is 20.5 Å². The van der Waals surface area contributed by atoms with Gasteiger partial charge in [-0.1, -0.05) is 0 Å². The Labute approximate surface area is 96.2 Å². The molecule has 0 saturated carbocycles. The number of thiophene rings is 1. The minimum absolute atomic E-state index is 0.234. The Morgan fingerprint density at radius 1 is 1.56 bits per heavy atom. The molecule has 82 valence electrons. The van der Waals surface area contributed by atoms with Crippen molar-refractivity contribution < 1.29 is 4.79 Å². The second-order valence-electron chi connectivity index (χ2n) is 3.11. The van der Waals surface area contributed by atoms with Crippen molar-refractivity contribution in [1.29, 1.82) is 0 Å². The van der Waals surface area contributed by atoms with Crippen LogP contribution in [0.4, 0.5) is 5.95 Å². The van der Waals surface area contributed by atoms with Gasteiger partial charge in [-0.25, -0.2) is 5.10 Å². The van der Waals surface area contributed by atoms with Gasteiger partial charge in [-0.05, 0) is 25.1 Å². The minimum Gasteiger partial charge on any atom is -0.291 e. The van der Waals surface area contributed by atoms with Crippen LogP contribution in [0.2, 0.25) is 0 Å². The van der Waals surface area contributed by atoms with Gasteiger partial charge in [0.2, 0.25) is 5.95 Å². The number of nitrogens with zero attached hydrogens (tertiary/aromatic N) is 2. The molecule has 0 aromatic carbocycles. The molecule has 2 rings (SSSR count). The van der Waals surface area contributed by atoms with E-state index in [0.717, 1.165) is 4.88 Å². The van der Waals surface area contributed by atoms with Crippen molar-refractivity contribution in [2.24, 2.45) is 0 Å². The number of aromatic nitrogens is 3. The number of rotatable bonds is 3. The van der Waals surface area contributed by atoms with E-state index in [1.54, 1.807) is 17.4 Å². The van der Waals surface area contributed by atoms with Crippen molar-refractivity contribution in [2.45, 2.75) is 6.92 Å². The summed E-state index contributed by atoms with van der Waals surface area (Å²) in [6.07, 6.45) is 4.57. The van der Waals surface area contributed by atoms with Gasteiger partial charge < -0.3 is 0 Å². The summed E-state index contributed by atoms with van der Waals surface area (Å²) in [7, 11) is 0. The summed E-state index contributed by atoms with van der Waals surface area (Å²) in [6, 6.07) is 3.98. The smallest absolute Gasteiger partial charge is 0.250 e. The predicted molar refractivity (Wildman–Crippen MR) is 63.1 cm³/mol. The van der Waals surface area contributed by atoms with Gasteiger partial charge in [0.15, 0.2) is 0 Å². The Morgan fingerprint density at radius 3 is 3.06 bits per heavy atom. The fraction of sp³-hybridized carbons (Fsp3) is 0.100. The fourth-order valence-corrected chi connectivity index (χ4v) is 1.90. The summed E-state index contributed by atoms with van der Waals surface area (Å²) in [5.41, 5.74) is 0. The molecule has 2 aromatic heterocycles. The second kappa shape index (κ2) is 4.71. The quantitative estimate of drug-likeness (QED) is 0.796. The Hall–Kier alpha value is -1.95. The standard InChI is InChI=1S/C10H10N4OS/c1-7-2-3-8(16-7)4-5-9(15)13-10-11-6-12-14-10/h2-6H,1H3,(H2,11,12,13,14,15). The SMILES string of the molecule is Cc1ccc(C=CC(=O)Nc2ncn[nH]2)s1. The summed E-state index contributed by atoms with van der Waals surface area (Å²) in [6.45, 7) is 2.02. The highest BCUT2D eigenvalue weighted by atomic mass is 32.1. The molecule has 0 bridgehead atoms. The van der Waals surface area contributed by atoms with Gasteiger partial charge >= 0.3 is 0 Å². The number of anilines is 1. The van der Waals surface area contributed by atoms with Crippen LogP contribution in [0.3, 0.4) is 0 Å². The zero-order valence-corrected chi connectivity index (χ0v) is 9.41. The number of H-pyrrole nitrogens is 1. The van der Waals surface area contributed by atoms with Crippen molar-refractivity contribution >= 4 is 29.3 Å². The summed E-state index contributed by atoms with van der Waals surface area (Å²) in [4.78, 5) is 17.5. The lowest BCUT2D eigenvalue weighted by molar-refractivity contribution is -0.111. The molecule has 2 N–H and O–H groups in total. The summed E-state index contributed by atoms with van der Waals surface area (Å²) >= 11 is 1.64. The number of hydrogen-bond donors (Lipinski definition) is 2. The first-order valence-corrected chi connectivity index (χ1v) is 5.46. The molecule has 0 radical (unpaired) electrons. The number of aryl methyl sites for hydroxylation is 1. The maximum atomic E-state index is 11.4. The molecule has 0 aliphatic heterocycles. The molecule has 6 heteroatoms. The molecule has 0 saturated heterocycles.